The van der Waals surface area contributed by atoms with Crippen LogP contribution in [0.15, 0.2) is 29.3 Å². The number of hydrogen-bond acceptors (Lipinski definition) is 2. The number of benzene rings is 1. The van der Waals surface area contributed by atoms with E-state index in [1.165, 1.54) is 24.6 Å². The van der Waals surface area contributed by atoms with E-state index in [0.29, 0.717) is 17.8 Å². The maximum absolute atomic E-state index is 12.9. The molecule has 1 heterocycles. The van der Waals surface area contributed by atoms with E-state index >= 15 is 0 Å². The van der Waals surface area contributed by atoms with Crippen LogP contribution in [0.25, 0.3) is 0 Å². The van der Waals surface area contributed by atoms with Crippen molar-refractivity contribution in [2.75, 3.05) is 19.6 Å². The van der Waals surface area contributed by atoms with Gasteiger partial charge in [-0.15, -0.1) is 0 Å². The van der Waals surface area contributed by atoms with Crippen LogP contribution in [0.4, 0.5) is 13.2 Å². The normalized spacial score (nSPS) is 26.0. The fourth-order valence-electron chi connectivity index (χ4n) is 3.01. The van der Waals surface area contributed by atoms with E-state index in [1.54, 1.807) is 0 Å². The lowest BCUT2D eigenvalue weighted by Gasteiger charge is -2.20. The van der Waals surface area contributed by atoms with Crippen molar-refractivity contribution >= 4 is 5.96 Å². The van der Waals surface area contributed by atoms with Crippen molar-refractivity contribution in [3.63, 3.8) is 0 Å². The Kier molecular flexibility index (Phi) is 3.76. The van der Waals surface area contributed by atoms with Crippen LogP contribution in [0.1, 0.15) is 23.7 Å². The van der Waals surface area contributed by atoms with Crippen molar-refractivity contribution in [1.29, 1.82) is 0 Å². The van der Waals surface area contributed by atoms with Crippen LogP contribution in [0.3, 0.4) is 0 Å². The van der Waals surface area contributed by atoms with Gasteiger partial charge in [0.1, 0.15) is 0 Å². The highest BCUT2D eigenvalue weighted by atomic mass is 19.4. The smallest absolute Gasteiger partial charge is 0.386 e. The summed E-state index contributed by atoms with van der Waals surface area (Å²) in [6, 6.07) is 4.99. The molecule has 0 amide bonds. The summed E-state index contributed by atoms with van der Waals surface area (Å²) in [6.07, 6.45) is -4.59. The molecule has 7 heteroatoms. The summed E-state index contributed by atoms with van der Waals surface area (Å²) in [5, 5.41) is 10.0. The third-order valence-electron chi connectivity index (χ3n) is 4.35. The highest BCUT2D eigenvalue weighted by Crippen LogP contribution is 2.44. The number of nitrogens with two attached hydrogens (primary N) is 1. The zero-order valence-electron chi connectivity index (χ0n) is 11.9. The summed E-state index contributed by atoms with van der Waals surface area (Å²) in [5.74, 6) is 1.67. The van der Waals surface area contributed by atoms with Crippen molar-refractivity contribution in [1.82, 2.24) is 4.90 Å². The average Bonchev–Trinajstić information content (AvgIpc) is 3.09. The fourth-order valence-corrected chi connectivity index (χ4v) is 3.01. The van der Waals surface area contributed by atoms with Gasteiger partial charge < -0.3 is 15.7 Å². The number of fused-ring (bicyclic) bond motifs is 1. The Labute approximate surface area is 126 Å². The highest BCUT2D eigenvalue weighted by molar-refractivity contribution is 5.78. The second kappa shape index (κ2) is 5.46. The number of aliphatic hydroxyl groups excluding tert-OH is 1. The number of halogens is 3. The molecule has 0 aromatic heterocycles. The van der Waals surface area contributed by atoms with Crippen LogP contribution in [0, 0.1) is 11.8 Å². The van der Waals surface area contributed by atoms with Crippen molar-refractivity contribution in [3.05, 3.63) is 35.4 Å². The molecule has 2 aliphatic rings. The molecule has 0 bridgehead atoms. The van der Waals surface area contributed by atoms with Crippen LogP contribution < -0.4 is 5.73 Å². The first-order valence-electron chi connectivity index (χ1n) is 7.25. The first kappa shape index (κ1) is 15.1. The molecule has 1 aliphatic carbocycles. The Balaban J connectivity index is 1.68. The Bertz CT molecular complexity index is 578. The van der Waals surface area contributed by atoms with Gasteiger partial charge in [-0.3, -0.25) is 4.99 Å². The average molecular weight is 313 g/mol. The van der Waals surface area contributed by atoms with E-state index in [-0.39, 0.29) is 12.1 Å². The van der Waals surface area contributed by atoms with Crippen molar-refractivity contribution in [3.8, 4) is 0 Å². The molecule has 3 unspecified atom stereocenters. The molecule has 1 aromatic rings. The van der Waals surface area contributed by atoms with Gasteiger partial charge in [-0.1, -0.05) is 18.2 Å². The summed E-state index contributed by atoms with van der Waals surface area (Å²) in [7, 11) is 0. The molecule has 4 nitrogen and oxygen atoms in total. The van der Waals surface area contributed by atoms with Gasteiger partial charge in [0.25, 0.3) is 0 Å². The zero-order chi connectivity index (χ0) is 15.9. The number of alkyl halides is 3. The van der Waals surface area contributed by atoms with E-state index in [9.17, 15) is 18.3 Å². The van der Waals surface area contributed by atoms with Gasteiger partial charge in [-0.2, -0.15) is 13.2 Å². The van der Waals surface area contributed by atoms with E-state index in [2.05, 4.69) is 4.99 Å². The minimum absolute atomic E-state index is 0.171. The van der Waals surface area contributed by atoms with Gasteiger partial charge in [-0.25, -0.2) is 0 Å². The minimum Gasteiger partial charge on any atom is -0.386 e. The van der Waals surface area contributed by atoms with E-state index < -0.39 is 17.8 Å². The van der Waals surface area contributed by atoms with Gasteiger partial charge in [0.05, 0.1) is 18.2 Å². The molecule has 1 aliphatic heterocycles. The number of aliphatic hydroxyl groups is 1. The number of guanidine groups is 1. The first-order chi connectivity index (χ1) is 10.4. The number of likely N-dealkylation sites (tertiary alicyclic amines) is 1. The molecule has 3 rings (SSSR count). The van der Waals surface area contributed by atoms with Crippen LogP contribution in [0.5, 0.6) is 0 Å². The maximum atomic E-state index is 12.9. The number of piperidine rings is 1. The fraction of sp³-hybridized carbons (Fsp3) is 0.533. The monoisotopic (exact) mass is 313 g/mol. The molecule has 22 heavy (non-hydrogen) atoms. The van der Waals surface area contributed by atoms with Gasteiger partial charge in [0.15, 0.2) is 5.96 Å². The second-order valence-electron chi connectivity index (χ2n) is 5.96. The van der Waals surface area contributed by atoms with E-state index in [1.807, 2.05) is 4.90 Å². The summed E-state index contributed by atoms with van der Waals surface area (Å²) < 4.78 is 38.8. The van der Waals surface area contributed by atoms with Crippen molar-refractivity contribution < 1.29 is 18.3 Å². The molecule has 0 spiro atoms. The number of aliphatic imine (C=N–C) groups is 1. The second-order valence-corrected chi connectivity index (χ2v) is 5.96. The number of hydrogen-bond donors (Lipinski definition) is 2. The van der Waals surface area contributed by atoms with Crippen molar-refractivity contribution in [2.24, 2.45) is 22.6 Å². The van der Waals surface area contributed by atoms with Crippen LogP contribution >= 0.6 is 0 Å². The maximum Gasteiger partial charge on any atom is 0.416 e. The van der Waals surface area contributed by atoms with Gasteiger partial charge in [-0.05, 0) is 29.9 Å². The largest absolute Gasteiger partial charge is 0.416 e. The summed E-state index contributed by atoms with van der Waals surface area (Å²) in [5.41, 5.74) is 4.85. The van der Waals surface area contributed by atoms with Gasteiger partial charge in [0, 0.05) is 13.1 Å². The van der Waals surface area contributed by atoms with E-state index in [0.717, 1.165) is 19.2 Å². The summed E-state index contributed by atoms with van der Waals surface area (Å²) >= 11 is 0. The van der Waals surface area contributed by atoms with Crippen LogP contribution in [-0.2, 0) is 6.18 Å². The molecule has 0 radical (unpaired) electrons. The lowest BCUT2D eigenvalue weighted by atomic mass is 10.0. The third-order valence-corrected chi connectivity index (χ3v) is 4.35. The van der Waals surface area contributed by atoms with E-state index in [4.69, 9.17) is 5.73 Å². The Morgan fingerprint density at radius 3 is 2.59 bits per heavy atom. The first-order valence-corrected chi connectivity index (χ1v) is 7.25. The molecule has 2 fully saturated rings. The SMILES string of the molecule is NC(=NCC(O)c1ccccc1C(F)(F)F)N1CC2CC2C1. The summed E-state index contributed by atoms with van der Waals surface area (Å²) in [6.45, 7) is 1.54. The quantitative estimate of drug-likeness (QED) is 0.663. The Hall–Kier alpha value is -1.76. The van der Waals surface area contributed by atoms with Crippen molar-refractivity contribution in [2.45, 2.75) is 18.7 Å². The van der Waals surface area contributed by atoms with Crippen LogP contribution in [-0.4, -0.2) is 35.6 Å². The Morgan fingerprint density at radius 2 is 1.95 bits per heavy atom. The number of nitrogens with zero attached hydrogens (tertiary/aromatic N) is 2. The molecule has 3 N–H and O–H groups in total. The molecule has 1 aromatic carbocycles. The Morgan fingerprint density at radius 1 is 1.32 bits per heavy atom. The molecule has 3 atom stereocenters. The van der Waals surface area contributed by atoms with Gasteiger partial charge >= 0.3 is 6.18 Å². The topological polar surface area (TPSA) is 61.9 Å². The summed E-state index contributed by atoms with van der Waals surface area (Å²) in [4.78, 5) is 6.00. The highest BCUT2D eigenvalue weighted by Gasteiger charge is 2.45. The van der Waals surface area contributed by atoms with Crippen LogP contribution in [0.2, 0.25) is 0 Å². The zero-order valence-corrected chi connectivity index (χ0v) is 11.9. The number of rotatable bonds is 3. The lowest BCUT2D eigenvalue weighted by Crippen LogP contribution is -2.37. The third kappa shape index (κ3) is 3.04. The van der Waals surface area contributed by atoms with Gasteiger partial charge in [0.2, 0.25) is 0 Å². The predicted octanol–water partition coefficient (Wildman–Crippen LogP) is 2.01. The standard InChI is InChI=1S/C15H18F3N3O/c16-15(17,18)12-4-2-1-3-11(12)13(22)6-20-14(19)21-7-9-5-10(9)8-21/h1-4,9-10,13,22H,5-8H2,(H2,19,20). The molecule has 1 saturated heterocycles. The molecule has 120 valence electrons. The predicted molar refractivity (Wildman–Crippen MR) is 76.1 cm³/mol. The molecular formula is C15H18F3N3O. The minimum atomic E-state index is -4.50. The molecule has 1 saturated carbocycles. The molecular weight excluding hydrogens is 295 g/mol. The lowest BCUT2D eigenvalue weighted by molar-refractivity contribution is -0.139.